The number of nitrogens with zero attached hydrogens (tertiary/aromatic N) is 1. The molecule has 0 spiro atoms. The molecule has 0 aromatic rings. The molecule has 0 bridgehead atoms. The summed E-state index contributed by atoms with van der Waals surface area (Å²) < 4.78 is 5.07. The maximum absolute atomic E-state index is 11.7. The minimum atomic E-state index is -1.07. The Hall–Kier alpha value is -2.45. The molecule has 128 valence electrons. The van der Waals surface area contributed by atoms with Gasteiger partial charge >= 0.3 is 11.9 Å². The highest BCUT2D eigenvalue weighted by atomic mass is 16.7. The standard InChI is InChI=1S/C14H20N2O7/c1-8(13(21)22-14(2,3)4)15-9(17)7-12(20)23-16-10(18)5-6-11(16)19/h8H,5-7H2,1-4H3,(H,15,17). The van der Waals surface area contributed by atoms with Gasteiger partial charge in [-0.2, -0.15) is 0 Å². The number of carbonyl (C=O) groups excluding carboxylic acids is 5. The summed E-state index contributed by atoms with van der Waals surface area (Å²) in [5, 5.41) is 2.63. The fraction of sp³-hybridized carbons (Fsp3) is 0.643. The maximum atomic E-state index is 11.7. The van der Waals surface area contributed by atoms with Crippen molar-refractivity contribution >= 4 is 29.7 Å². The summed E-state index contributed by atoms with van der Waals surface area (Å²) >= 11 is 0. The Kier molecular flexibility index (Phi) is 5.83. The molecule has 3 amide bonds. The number of carbonyl (C=O) groups is 5. The Morgan fingerprint density at radius 1 is 1.17 bits per heavy atom. The first kappa shape index (κ1) is 18.6. The second-order valence-electron chi connectivity index (χ2n) is 6.04. The van der Waals surface area contributed by atoms with E-state index in [2.05, 4.69) is 10.2 Å². The van der Waals surface area contributed by atoms with Gasteiger partial charge in [-0.3, -0.25) is 14.4 Å². The predicted octanol–water partition coefficient (Wildman–Crippen LogP) is -0.170. The van der Waals surface area contributed by atoms with Gasteiger partial charge in [0, 0.05) is 12.8 Å². The molecular formula is C14H20N2O7. The monoisotopic (exact) mass is 328 g/mol. The number of esters is 1. The molecule has 9 heteroatoms. The average Bonchev–Trinajstić information content (AvgIpc) is 2.68. The average molecular weight is 328 g/mol. The lowest BCUT2D eigenvalue weighted by Crippen LogP contribution is -2.43. The molecule has 1 fully saturated rings. The van der Waals surface area contributed by atoms with E-state index in [0.29, 0.717) is 5.06 Å². The van der Waals surface area contributed by atoms with Gasteiger partial charge < -0.3 is 14.9 Å². The normalized spacial score (nSPS) is 16.1. The maximum Gasteiger partial charge on any atom is 0.342 e. The van der Waals surface area contributed by atoms with Crippen LogP contribution in [0.1, 0.15) is 47.0 Å². The number of amides is 3. The van der Waals surface area contributed by atoms with Gasteiger partial charge in [-0.1, -0.05) is 0 Å². The number of ether oxygens (including phenoxy) is 1. The van der Waals surface area contributed by atoms with Crippen molar-refractivity contribution in [3.05, 3.63) is 0 Å². The van der Waals surface area contributed by atoms with Crippen molar-refractivity contribution in [2.75, 3.05) is 0 Å². The van der Waals surface area contributed by atoms with Crippen LogP contribution in [0, 0.1) is 0 Å². The zero-order valence-electron chi connectivity index (χ0n) is 13.5. The highest BCUT2D eigenvalue weighted by molar-refractivity contribution is 6.03. The summed E-state index contributed by atoms with van der Waals surface area (Å²) in [7, 11) is 0. The molecule has 1 atom stereocenters. The molecule has 0 aliphatic carbocycles. The van der Waals surface area contributed by atoms with Crippen molar-refractivity contribution in [2.24, 2.45) is 0 Å². The Balaban J connectivity index is 2.43. The summed E-state index contributed by atoms with van der Waals surface area (Å²) in [4.78, 5) is 62.0. The molecule has 0 radical (unpaired) electrons. The van der Waals surface area contributed by atoms with Crippen LogP contribution in [-0.4, -0.2) is 46.4 Å². The summed E-state index contributed by atoms with van der Waals surface area (Å²) in [6.07, 6.45) is -0.799. The van der Waals surface area contributed by atoms with E-state index < -0.39 is 47.7 Å². The van der Waals surface area contributed by atoms with Gasteiger partial charge in [0.05, 0.1) is 0 Å². The fourth-order valence-electron chi connectivity index (χ4n) is 1.66. The smallest absolute Gasteiger partial charge is 0.342 e. The molecule has 0 aromatic carbocycles. The van der Waals surface area contributed by atoms with Gasteiger partial charge in [-0.25, -0.2) is 9.59 Å². The van der Waals surface area contributed by atoms with E-state index in [9.17, 15) is 24.0 Å². The molecule has 1 saturated heterocycles. The molecule has 9 nitrogen and oxygen atoms in total. The zero-order valence-corrected chi connectivity index (χ0v) is 13.5. The highest BCUT2D eigenvalue weighted by Crippen LogP contribution is 2.12. The zero-order chi connectivity index (χ0) is 17.8. The van der Waals surface area contributed by atoms with Crippen LogP contribution < -0.4 is 5.32 Å². The Bertz CT molecular complexity index is 520. The van der Waals surface area contributed by atoms with Crippen molar-refractivity contribution in [3.8, 4) is 0 Å². The van der Waals surface area contributed by atoms with Gasteiger partial charge in [0.25, 0.3) is 11.8 Å². The van der Waals surface area contributed by atoms with Crippen LogP contribution in [0.25, 0.3) is 0 Å². The Morgan fingerprint density at radius 2 is 1.70 bits per heavy atom. The van der Waals surface area contributed by atoms with Crippen LogP contribution in [0.3, 0.4) is 0 Å². The number of hydrogen-bond donors (Lipinski definition) is 1. The molecule has 1 aliphatic rings. The summed E-state index contributed by atoms with van der Waals surface area (Å²) in [5.41, 5.74) is -0.703. The third kappa shape index (κ3) is 6.05. The second kappa shape index (κ2) is 7.21. The van der Waals surface area contributed by atoms with Crippen molar-refractivity contribution in [2.45, 2.75) is 58.6 Å². The molecule has 1 rings (SSSR count). The lowest BCUT2D eigenvalue weighted by Gasteiger charge is -2.22. The van der Waals surface area contributed by atoms with Gasteiger partial charge in [0.1, 0.15) is 18.1 Å². The van der Waals surface area contributed by atoms with E-state index in [1.54, 1.807) is 20.8 Å². The first-order valence-electron chi connectivity index (χ1n) is 7.08. The minimum Gasteiger partial charge on any atom is -0.458 e. The van der Waals surface area contributed by atoms with E-state index in [1.807, 2.05) is 0 Å². The van der Waals surface area contributed by atoms with E-state index >= 15 is 0 Å². The van der Waals surface area contributed by atoms with Crippen LogP contribution in [-0.2, 0) is 33.5 Å². The van der Waals surface area contributed by atoms with Crippen LogP contribution in [0.5, 0.6) is 0 Å². The van der Waals surface area contributed by atoms with Crippen LogP contribution in [0.15, 0.2) is 0 Å². The van der Waals surface area contributed by atoms with Gasteiger partial charge in [0.2, 0.25) is 5.91 Å². The Morgan fingerprint density at radius 3 is 2.17 bits per heavy atom. The van der Waals surface area contributed by atoms with Crippen LogP contribution in [0.4, 0.5) is 0 Å². The van der Waals surface area contributed by atoms with Crippen molar-refractivity contribution in [1.82, 2.24) is 10.4 Å². The van der Waals surface area contributed by atoms with E-state index in [0.717, 1.165) is 0 Å². The van der Waals surface area contributed by atoms with Gasteiger partial charge in [-0.15, -0.1) is 5.06 Å². The quantitative estimate of drug-likeness (QED) is 0.423. The number of hydroxylamine groups is 2. The van der Waals surface area contributed by atoms with Crippen molar-refractivity contribution in [3.63, 3.8) is 0 Å². The molecular weight excluding hydrogens is 308 g/mol. The summed E-state index contributed by atoms with van der Waals surface area (Å²) in [6.45, 7) is 6.45. The molecule has 23 heavy (non-hydrogen) atoms. The molecule has 1 unspecified atom stereocenters. The number of nitrogens with one attached hydrogen (secondary N) is 1. The highest BCUT2D eigenvalue weighted by Gasteiger charge is 2.33. The van der Waals surface area contributed by atoms with Crippen molar-refractivity contribution < 1.29 is 33.5 Å². The number of rotatable bonds is 5. The lowest BCUT2D eigenvalue weighted by atomic mass is 10.2. The largest absolute Gasteiger partial charge is 0.458 e. The fourth-order valence-corrected chi connectivity index (χ4v) is 1.66. The molecule has 1 aliphatic heterocycles. The first-order chi connectivity index (χ1) is 10.5. The Labute approximate surface area is 133 Å². The van der Waals surface area contributed by atoms with Gasteiger partial charge in [0.15, 0.2) is 0 Å². The van der Waals surface area contributed by atoms with Crippen molar-refractivity contribution in [1.29, 1.82) is 0 Å². The lowest BCUT2D eigenvalue weighted by molar-refractivity contribution is -0.197. The molecule has 0 aromatic heterocycles. The molecule has 1 N–H and O–H groups in total. The van der Waals surface area contributed by atoms with Gasteiger partial charge in [-0.05, 0) is 27.7 Å². The summed E-state index contributed by atoms with van der Waals surface area (Å²) in [5.74, 6) is -3.77. The topological polar surface area (TPSA) is 119 Å². The number of imide groups is 1. The molecule has 1 heterocycles. The number of hydrogen-bond acceptors (Lipinski definition) is 7. The minimum absolute atomic E-state index is 0.0337. The predicted molar refractivity (Wildman–Crippen MR) is 75.2 cm³/mol. The van der Waals surface area contributed by atoms with E-state index in [4.69, 9.17) is 4.74 Å². The molecule has 0 saturated carbocycles. The van der Waals surface area contributed by atoms with E-state index in [-0.39, 0.29) is 12.8 Å². The summed E-state index contributed by atoms with van der Waals surface area (Å²) in [6, 6.07) is -0.954. The second-order valence-corrected chi connectivity index (χ2v) is 6.04. The van der Waals surface area contributed by atoms with Crippen LogP contribution >= 0.6 is 0 Å². The van der Waals surface area contributed by atoms with Crippen LogP contribution in [0.2, 0.25) is 0 Å². The van der Waals surface area contributed by atoms with E-state index in [1.165, 1.54) is 6.92 Å². The first-order valence-corrected chi connectivity index (χ1v) is 7.08. The SMILES string of the molecule is CC(NC(=O)CC(=O)ON1C(=O)CCC1=O)C(=O)OC(C)(C)C. The third-order valence-electron chi connectivity index (χ3n) is 2.64. The third-order valence-corrected chi connectivity index (χ3v) is 2.64.